The van der Waals surface area contributed by atoms with Gasteiger partial charge >= 0.3 is 0 Å². The fraction of sp³-hybridized carbons (Fsp3) is 0.250. The van der Waals surface area contributed by atoms with Gasteiger partial charge in [0.25, 0.3) is 0 Å². The smallest absolute Gasteiger partial charge is 0.170 e. The minimum absolute atomic E-state index is 0.0232. The largest absolute Gasteiger partial charge is 0.497 e. The van der Waals surface area contributed by atoms with Crippen molar-refractivity contribution in [2.45, 2.75) is 39.4 Å². The Bertz CT molecular complexity index is 1330. The minimum atomic E-state index is -0.0677. The second-order valence-corrected chi connectivity index (χ2v) is 9.34. The van der Waals surface area contributed by atoms with Crippen LogP contribution < -0.4 is 10.1 Å². The average molecular weight is 484 g/mol. The highest BCUT2D eigenvalue weighted by molar-refractivity contribution is 7.80. The number of methoxy groups -OCH3 is 1. The van der Waals surface area contributed by atoms with Crippen LogP contribution >= 0.6 is 12.2 Å². The molecule has 0 saturated carbocycles. The van der Waals surface area contributed by atoms with Gasteiger partial charge < -0.3 is 19.5 Å². The third-order valence-corrected chi connectivity index (χ3v) is 6.98. The van der Waals surface area contributed by atoms with Crippen molar-refractivity contribution in [3.8, 4) is 11.6 Å². The van der Waals surface area contributed by atoms with E-state index in [4.69, 9.17) is 17.0 Å². The van der Waals surface area contributed by atoms with Crippen molar-refractivity contribution in [1.29, 1.82) is 0 Å². The molecule has 3 aromatic heterocycles. The molecule has 5 rings (SSSR count). The van der Waals surface area contributed by atoms with Crippen LogP contribution in [0.15, 0.2) is 73.1 Å². The molecule has 4 heterocycles. The summed E-state index contributed by atoms with van der Waals surface area (Å²) in [6.07, 6.45) is 3.75. The maximum Gasteiger partial charge on any atom is 0.170 e. The summed E-state index contributed by atoms with van der Waals surface area (Å²) in [6, 6.07) is 20.5. The number of nitrogens with one attached hydrogen (secondary N) is 1. The Morgan fingerprint density at radius 3 is 2.46 bits per heavy atom. The lowest BCUT2D eigenvalue weighted by molar-refractivity contribution is 0.310. The molecule has 0 aliphatic carbocycles. The van der Waals surface area contributed by atoms with Gasteiger partial charge in [0, 0.05) is 30.3 Å². The molecule has 0 unspecified atom stereocenters. The Kier molecular flexibility index (Phi) is 6.26. The average Bonchev–Trinajstić information content (AvgIpc) is 3.35. The minimum Gasteiger partial charge on any atom is -0.497 e. The van der Waals surface area contributed by atoms with E-state index in [-0.39, 0.29) is 12.1 Å². The number of ether oxygens (including phenoxy) is 1. The van der Waals surface area contributed by atoms with Crippen LogP contribution in [0.5, 0.6) is 5.75 Å². The van der Waals surface area contributed by atoms with Crippen molar-refractivity contribution in [1.82, 2.24) is 24.8 Å². The van der Waals surface area contributed by atoms with E-state index in [2.05, 4.69) is 81.9 Å². The zero-order chi connectivity index (χ0) is 24.5. The molecule has 1 aliphatic rings. The molecule has 178 valence electrons. The van der Waals surface area contributed by atoms with Crippen molar-refractivity contribution in [2.75, 3.05) is 7.11 Å². The summed E-state index contributed by atoms with van der Waals surface area (Å²) in [7, 11) is 1.68. The second kappa shape index (κ2) is 9.50. The summed E-state index contributed by atoms with van der Waals surface area (Å²) in [5, 5.41) is 4.28. The molecule has 1 N–H and O–H groups in total. The van der Waals surface area contributed by atoms with Crippen LogP contribution in [0, 0.1) is 20.8 Å². The lowest BCUT2D eigenvalue weighted by Gasteiger charge is -2.28. The molecule has 1 aliphatic heterocycles. The Labute approximate surface area is 211 Å². The van der Waals surface area contributed by atoms with Crippen molar-refractivity contribution < 1.29 is 4.74 Å². The highest BCUT2D eigenvalue weighted by Gasteiger charge is 2.41. The topological polar surface area (TPSA) is 55.2 Å². The van der Waals surface area contributed by atoms with Gasteiger partial charge in [-0.1, -0.05) is 24.3 Å². The normalized spacial score (nSPS) is 17.5. The predicted molar refractivity (Wildman–Crippen MR) is 142 cm³/mol. The number of rotatable bonds is 6. The first-order valence-electron chi connectivity index (χ1n) is 11.7. The Morgan fingerprint density at radius 2 is 1.80 bits per heavy atom. The molecule has 35 heavy (non-hydrogen) atoms. The molecule has 0 radical (unpaired) electrons. The zero-order valence-corrected chi connectivity index (χ0v) is 21.2. The van der Waals surface area contributed by atoms with Crippen LogP contribution in [0.4, 0.5) is 0 Å². The zero-order valence-electron chi connectivity index (χ0n) is 20.4. The number of aromatic nitrogens is 3. The van der Waals surface area contributed by atoms with E-state index in [9.17, 15) is 0 Å². The number of pyridine rings is 2. The Hall–Kier alpha value is -3.71. The van der Waals surface area contributed by atoms with Crippen LogP contribution in [0.25, 0.3) is 5.82 Å². The van der Waals surface area contributed by atoms with Gasteiger partial charge in [0.15, 0.2) is 5.11 Å². The van der Waals surface area contributed by atoms with E-state index in [1.807, 2.05) is 36.7 Å². The Morgan fingerprint density at radius 1 is 1.00 bits per heavy atom. The van der Waals surface area contributed by atoms with Gasteiger partial charge in [0.1, 0.15) is 11.6 Å². The van der Waals surface area contributed by atoms with Gasteiger partial charge in [0.2, 0.25) is 0 Å². The molecule has 1 aromatic carbocycles. The van der Waals surface area contributed by atoms with E-state index in [0.29, 0.717) is 6.54 Å². The van der Waals surface area contributed by atoms with Crippen LogP contribution in [0.1, 0.15) is 45.9 Å². The molecular weight excluding hydrogens is 454 g/mol. The maximum absolute atomic E-state index is 5.88. The van der Waals surface area contributed by atoms with Gasteiger partial charge in [0.05, 0.1) is 24.9 Å². The number of hydrogen-bond donors (Lipinski definition) is 1. The van der Waals surface area contributed by atoms with Crippen molar-refractivity contribution in [2.24, 2.45) is 0 Å². The molecule has 6 nitrogen and oxygen atoms in total. The summed E-state index contributed by atoms with van der Waals surface area (Å²) in [6.45, 7) is 7.02. The van der Waals surface area contributed by atoms with E-state index in [1.165, 1.54) is 5.56 Å². The van der Waals surface area contributed by atoms with Crippen molar-refractivity contribution in [3.05, 3.63) is 107 Å². The summed E-state index contributed by atoms with van der Waals surface area (Å²) in [4.78, 5) is 11.6. The quantitative estimate of drug-likeness (QED) is 0.372. The van der Waals surface area contributed by atoms with E-state index >= 15 is 0 Å². The monoisotopic (exact) mass is 483 g/mol. The van der Waals surface area contributed by atoms with Crippen LogP contribution in [-0.2, 0) is 6.54 Å². The van der Waals surface area contributed by atoms with Crippen LogP contribution in [0.3, 0.4) is 0 Å². The first-order chi connectivity index (χ1) is 17.0. The SMILES string of the molecule is COc1ccc(CN2C(=S)N[C@H](c3ccccn3)[C@H]2c2cc(C)n(-c3ccc(C)cn3)c2C)cc1. The molecule has 0 amide bonds. The van der Waals surface area contributed by atoms with E-state index < -0.39 is 0 Å². The van der Waals surface area contributed by atoms with Gasteiger partial charge in [-0.3, -0.25) is 4.98 Å². The molecule has 0 bridgehead atoms. The fourth-order valence-electron chi connectivity index (χ4n) is 4.87. The number of hydrogen-bond acceptors (Lipinski definition) is 4. The third-order valence-electron chi connectivity index (χ3n) is 6.62. The van der Waals surface area contributed by atoms with Gasteiger partial charge in [-0.25, -0.2) is 4.98 Å². The maximum atomic E-state index is 5.88. The van der Waals surface area contributed by atoms with Crippen LogP contribution in [-0.4, -0.2) is 31.7 Å². The summed E-state index contributed by atoms with van der Waals surface area (Å²) < 4.78 is 7.56. The summed E-state index contributed by atoms with van der Waals surface area (Å²) in [5.41, 5.74) is 6.77. The predicted octanol–water partition coefficient (Wildman–Crippen LogP) is 5.37. The molecule has 1 fully saturated rings. The van der Waals surface area contributed by atoms with Crippen LogP contribution in [0.2, 0.25) is 0 Å². The summed E-state index contributed by atoms with van der Waals surface area (Å²) in [5.74, 6) is 1.76. The number of nitrogens with zero attached hydrogens (tertiary/aromatic N) is 4. The molecule has 4 aromatic rings. The third kappa shape index (κ3) is 4.39. The fourth-order valence-corrected chi connectivity index (χ4v) is 5.18. The molecule has 1 saturated heterocycles. The number of benzene rings is 1. The second-order valence-electron chi connectivity index (χ2n) is 8.96. The molecular formula is C28H29N5OS. The first-order valence-corrected chi connectivity index (χ1v) is 12.1. The number of aryl methyl sites for hydroxylation is 2. The molecule has 2 atom stereocenters. The summed E-state index contributed by atoms with van der Waals surface area (Å²) >= 11 is 5.88. The molecule has 7 heteroatoms. The highest BCUT2D eigenvalue weighted by atomic mass is 32.1. The van der Waals surface area contributed by atoms with Crippen molar-refractivity contribution in [3.63, 3.8) is 0 Å². The van der Waals surface area contributed by atoms with E-state index in [1.54, 1.807) is 7.11 Å². The number of thiocarbonyl (C=S) groups is 1. The van der Waals surface area contributed by atoms with Gasteiger partial charge in [-0.05, 0) is 86.1 Å². The van der Waals surface area contributed by atoms with Gasteiger partial charge in [-0.15, -0.1) is 0 Å². The first kappa shape index (κ1) is 23.1. The standard InChI is InChI=1S/C28H29N5OS/c1-18-8-13-25(30-16-18)33-19(2)15-23(20(33)3)27-26(24-7-5-6-14-29-24)31-28(35)32(27)17-21-9-11-22(34-4)12-10-21/h5-16,26-27H,17H2,1-4H3,(H,31,35)/t26-,27-/m1/s1. The lowest BCUT2D eigenvalue weighted by Crippen LogP contribution is -2.29. The van der Waals surface area contributed by atoms with Gasteiger partial charge in [-0.2, -0.15) is 0 Å². The highest BCUT2D eigenvalue weighted by Crippen LogP contribution is 2.42. The lowest BCUT2D eigenvalue weighted by atomic mass is 9.96. The van der Waals surface area contributed by atoms with Crippen molar-refractivity contribution >= 4 is 17.3 Å². The van der Waals surface area contributed by atoms with E-state index in [0.717, 1.165) is 44.9 Å². The Balaban J connectivity index is 1.59. The molecule has 0 spiro atoms.